The number of aryl methyl sites for hydroxylation is 2. The Morgan fingerprint density at radius 2 is 1.94 bits per heavy atom. The van der Waals surface area contributed by atoms with Crippen LogP contribution in [0, 0.1) is 19.7 Å². The number of anilines is 1. The Morgan fingerprint density at radius 3 is 2.66 bits per heavy atom. The van der Waals surface area contributed by atoms with Crippen molar-refractivity contribution in [1.82, 2.24) is 35.0 Å². The predicted molar refractivity (Wildman–Crippen MR) is 119 cm³/mol. The molecular formula is C21H21FN8OS. The minimum absolute atomic E-state index is 0.128. The quantitative estimate of drug-likeness (QED) is 0.429. The zero-order valence-corrected chi connectivity index (χ0v) is 18.6. The van der Waals surface area contributed by atoms with Crippen LogP contribution < -0.4 is 5.32 Å². The second-order valence-electron chi connectivity index (χ2n) is 7.01. The third-order valence-electron chi connectivity index (χ3n) is 4.83. The summed E-state index contributed by atoms with van der Waals surface area (Å²) in [5.41, 5.74) is 2.72. The van der Waals surface area contributed by atoms with Gasteiger partial charge in [-0.25, -0.2) is 4.39 Å². The summed E-state index contributed by atoms with van der Waals surface area (Å²) in [5, 5.41) is 23.1. The molecule has 4 aromatic rings. The van der Waals surface area contributed by atoms with E-state index in [0.29, 0.717) is 23.2 Å². The molecule has 1 amide bonds. The number of halogens is 1. The molecule has 164 valence electrons. The maximum Gasteiger partial charge on any atom is 0.234 e. The van der Waals surface area contributed by atoms with E-state index < -0.39 is 5.82 Å². The molecule has 0 spiro atoms. The first-order chi connectivity index (χ1) is 15.5. The summed E-state index contributed by atoms with van der Waals surface area (Å²) in [5.74, 6) is 0.596. The van der Waals surface area contributed by atoms with Crippen molar-refractivity contribution in [3.8, 4) is 17.1 Å². The van der Waals surface area contributed by atoms with Crippen LogP contribution in [0.5, 0.6) is 0 Å². The number of hydrogen-bond donors (Lipinski definition) is 1. The molecule has 9 nitrogen and oxygen atoms in total. The van der Waals surface area contributed by atoms with Gasteiger partial charge in [-0.3, -0.25) is 4.79 Å². The van der Waals surface area contributed by atoms with Gasteiger partial charge in [0.25, 0.3) is 0 Å². The summed E-state index contributed by atoms with van der Waals surface area (Å²) in [6, 6.07) is 12.2. The Bertz CT molecular complexity index is 1270. The van der Waals surface area contributed by atoms with Gasteiger partial charge >= 0.3 is 0 Å². The molecule has 0 radical (unpaired) electrons. The van der Waals surface area contributed by atoms with Gasteiger partial charge in [-0.1, -0.05) is 36.0 Å². The van der Waals surface area contributed by atoms with E-state index >= 15 is 0 Å². The van der Waals surface area contributed by atoms with Gasteiger partial charge in [-0.2, -0.15) is 4.68 Å². The molecule has 0 bridgehead atoms. The lowest BCUT2D eigenvalue weighted by Crippen LogP contribution is -2.15. The Balaban J connectivity index is 1.46. The molecule has 0 atom stereocenters. The number of nitrogens with zero attached hydrogens (tertiary/aromatic N) is 7. The Hall–Kier alpha value is -3.60. The zero-order chi connectivity index (χ0) is 22.7. The number of tetrazole rings is 1. The number of amides is 1. The summed E-state index contributed by atoms with van der Waals surface area (Å²) >= 11 is 1.29. The third-order valence-corrected chi connectivity index (χ3v) is 5.80. The van der Waals surface area contributed by atoms with Crippen molar-refractivity contribution in [2.75, 3.05) is 11.1 Å². The SMILES string of the molecule is CCn1c(SCC(=O)Nc2ccc(F)c(-n3nnnc3C)c2)nnc1-c1ccccc1C. The Morgan fingerprint density at radius 1 is 1.12 bits per heavy atom. The van der Waals surface area contributed by atoms with Gasteiger partial charge in [-0.05, 0) is 55.0 Å². The average Bonchev–Trinajstić information content (AvgIpc) is 3.39. The fourth-order valence-corrected chi connectivity index (χ4v) is 4.04. The van der Waals surface area contributed by atoms with Crippen molar-refractivity contribution in [1.29, 1.82) is 0 Å². The van der Waals surface area contributed by atoms with Gasteiger partial charge in [0.15, 0.2) is 16.8 Å². The Labute approximate surface area is 188 Å². The normalized spacial score (nSPS) is 11.0. The molecule has 4 rings (SSSR count). The lowest BCUT2D eigenvalue weighted by atomic mass is 10.1. The van der Waals surface area contributed by atoms with Crippen LogP contribution in [0.2, 0.25) is 0 Å². The smallest absolute Gasteiger partial charge is 0.234 e. The van der Waals surface area contributed by atoms with E-state index in [1.165, 1.54) is 34.6 Å². The molecule has 0 aliphatic heterocycles. The van der Waals surface area contributed by atoms with Crippen LogP contribution in [0.3, 0.4) is 0 Å². The number of nitrogens with one attached hydrogen (secondary N) is 1. The van der Waals surface area contributed by atoms with E-state index in [9.17, 15) is 9.18 Å². The predicted octanol–water partition coefficient (Wildman–Crippen LogP) is 3.43. The highest BCUT2D eigenvalue weighted by Gasteiger charge is 2.16. The molecule has 11 heteroatoms. The molecule has 0 fully saturated rings. The second-order valence-corrected chi connectivity index (χ2v) is 7.95. The van der Waals surface area contributed by atoms with Crippen molar-refractivity contribution < 1.29 is 9.18 Å². The molecule has 0 aliphatic carbocycles. The molecule has 2 aromatic heterocycles. The van der Waals surface area contributed by atoms with E-state index in [1.54, 1.807) is 6.92 Å². The van der Waals surface area contributed by atoms with Crippen LogP contribution in [0.15, 0.2) is 47.6 Å². The van der Waals surface area contributed by atoms with Gasteiger partial charge in [0.05, 0.1) is 5.75 Å². The first-order valence-corrected chi connectivity index (χ1v) is 10.9. The summed E-state index contributed by atoms with van der Waals surface area (Å²) in [7, 11) is 0. The lowest BCUT2D eigenvalue weighted by Gasteiger charge is -2.10. The third kappa shape index (κ3) is 4.37. The summed E-state index contributed by atoms with van der Waals surface area (Å²) in [6.45, 7) is 6.37. The van der Waals surface area contributed by atoms with Crippen molar-refractivity contribution in [3.05, 3.63) is 59.7 Å². The number of thioether (sulfide) groups is 1. The van der Waals surface area contributed by atoms with Gasteiger partial charge in [0.1, 0.15) is 11.5 Å². The van der Waals surface area contributed by atoms with E-state index in [1.807, 2.05) is 42.7 Å². The highest BCUT2D eigenvalue weighted by Crippen LogP contribution is 2.26. The minimum atomic E-state index is -0.493. The van der Waals surface area contributed by atoms with Crippen LogP contribution in [0.4, 0.5) is 10.1 Å². The van der Waals surface area contributed by atoms with Gasteiger partial charge < -0.3 is 9.88 Å². The number of hydrogen-bond acceptors (Lipinski definition) is 7. The fraction of sp³-hybridized carbons (Fsp3) is 0.238. The largest absolute Gasteiger partial charge is 0.325 e. The van der Waals surface area contributed by atoms with Crippen molar-refractivity contribution >= 4 is 23.4 Å². The summed E-state index contributed by atoms with van der Waals surface area (Å²) in [4.78, 5) is 12.5. The molecule has 2 heterocycles. The number of rotatable bonds is 7. The summed E-state index contributed by atoms with van der Waals surface area (Å²) in [6.07, 6.45) is 0. The van der Waals surface area contributed by atoms with Gasteiger partial charge in [-0.15, -0.1) is 15.3 Å². The van der Waals surface area contributed by atoms with Crippen LogP contribution in [-0.4, -0.2) is 46.6 Å². The van der Waals surface area contributed by atoms with E-state index in [4.69, 9.17) is 0 Å². The monoisotopic (exact) mass is 452 g/mol. The lowest BCUT2D eigenvalue weighted by molar-refractivity contribution is -0.113. The first kappa shape index (κ1) is 21.6. The molecule has 0 unspecified atom stereocenters. The van der Waals surface area contributed by atoms with Crippen LogP contribution in [0.1, 0.15) is 18.3 Å². The number of carbonyl (C=O) groups is 1. The van der Waals surface area contributed by atoms with Crippen molar-refractivity contribution in [2.24, 2.45) is 0 Å². The number of aromatic nitrogens is 7. The fourth-order valence-electron chi connectivity index (χ4n) is 3.24. The average molecular weight is 453 g/mol. The van der Waals surface area contributed by atoms with E-state index in [-0.39, 0.29) is 17.3 Å². The van der Waals surface area contributed by atoms with E-state index in [0.717, 1.165) is 17.0 Å². The van der Waals surface area contributed by atoms with Gasteiger partial charge in [0.2, 0.25) is 5.91 Å². The highest BCUT2D eigenvalue weighted by molar-refractivity contribution is 7.99. The maximum absolute atomic E-state index is 14.2. The summed E-state index contributed by atoms with van der Waals surface area (Å²) < 4.78 is 17.5. The van der Waals surface area contributed by atoms with Gasteiger partial charge in [0, 0.05) is 17.8 Å². The molecule has 0 saturated carbocycles. The topological polar surface area (TPSA) is 103 Å². The molecule has 0 saturated heterocycles. The molecule has 2 aromatic carbocycles. The van der Waals surface area contributed by atoms with Crippen molar-refractivity contribution in [3.63, 3.8) is 0 Å². The van der Waals surface area contributed by atoms with Crippen LogP contribution >= 0.6 is 11.8 Å². The highest BCUT2D eigenvalue weighted by atomic mass is 32.2. The minimum Gasteiger partial charge on any atom is -0.325 e. The number of carbonyl (C=O) groups excluding carboxylic acids is 1. The van der Waals surface area contributed by atoms with Crippen LogP contribution in [-0.2, 0) is 11.3 Å². The maximum atomic E-state index is 14.2. The molecule has 32 heavy (non-hydrogen) atoms. The molecular weight excluding hydrogens is 431 g/mol. The molecule has 1 N–H and O–H groups in total. The second kappa shape index (κ2) is 9.27. The Kier molecular flexibility index (Phi) is 6.26. The standard InChI is InChI=1S/C21H21FN8OS/c1-4-29-20(16-8-6-5-7-13(16)2)25-26-21(29)32-12-19(31)23-15-9-10-17(22)18(11-15)30-14(3)24-27-28-30/h5-11H,4,12H2,1-3H3,(H,23,31). The van der Waals surface area contributed by atoms with Crippen LogP contribution in [0.25, 0.3) is 17.1 Å². The first-order valence-electron chi connectivity index (χ1n) is 9.94. The van der Waals surface area contributed by atoms with Crippen molar-refractivity contribution in [2.45, 2.75) is 32.5 Å². The zero-order valence-electron chi connectivity index (χ0n) is 17.8. The molecule has 0 aliphatic rings. The number of benzene rings is 2. The van der Waals surface area contributed by atoms with E-state index in [2.05, 4.69) is 31.0 Å².